The highest BCUT2D eigenvalue weighted by atomic mass is 16.3. The van der Waals surface area contributed by atoms with Crippen LogP contribution in [0.5, 0.6) is 0 Å². The van der Waals surface area contributed by atoms with E-state index in [1.807, 2.05) is 0 Å². The van der Waals surface area contributed by atoms with Crippen LogP contribution in [0.15, 0.2) is 0 Å². The standard InChI is InChI=1S/C11H18N2O2/c1-2-7-12-8-10(14)13-9-11(15)5-3-4-6-11/h1,12,15H,3-9H2,(H,13,14). The van der Waals surface area contributed by atoms with Crippen LogP contribution < -0.4 is 10.6 Å². The summed E-state index contributed by atoms with van der Waals surface area (Å²) in [6, 6.07) is 0. The van der Waals surface area contributed by atoms with Crippen molar-refractivity contribution in [3.63, 3.8) is 0 Å². The molecule has 3 N–H and O–H groups in total. The highest BCUT2D eigenvalue weighted by Crippen LogP contribution is 2.28. The highest BCUT2D eigenvalue weighted by molar-refractivity contribution is 5.78. The van der Waals surface area contributed by atoms with Gasteiger partial charge < -0.3 is 10.4 Å². The first-order valence-corrected chi connectivity index (χ1v) is 5.29. The third-order valence-corrected chi connectivity index (χ3v) is 2.66. The zero-order valence-electron chi connectivity index (χ0n) is 8.88. The van der Waals surface area contributed by atoms with Crippen molar-refractivity contribution < 1.29 is 9.90 Å². The quantitative estimate of drug-likeness (QED) is 0.428. The number of hydrogen-bond donors (Lipinski definition) is 3. The Morgan fingerprint density at radius 2 is 2.13 bits per heavy atom. The van der Waals surface area contributed by atoms with Crippen LogP contribution in [0, 0.1) is 12.3 Å². The van der Waals surface area contributed by atoms with Crippen LogP contribution in [0.3, 0.4) is 0 Å². The van der Waals surface area contributed by atoms with Gasteiger partial charge >= 0.3 is 0 Å². The van der Waals surface area contributed by atoms with Crippen LogP contribution in [0.1, 0.15) is 25.7 Å². The van der Waals surface area contributed by atoms with Gasteiger partial charge in [-0.25, -0.2) is 0 Å². The summed E-state index contributed by atoms with van der Waals surface area (Å²) in [5.74, 6) is 2.27. The van der Waals surface area contributed by atoms with E-state index in [1.165, 1.54) is 0 Å². The molecule has 1 aliphatic rings. The van der Waals surface area contributed by atoms with E-state index in [2.05, 4.69) is 16.6 Å². The molecule has 84 valence electrons. The van der Waals surface area contributed by atoms with Crippen LogP contribution in [0.25, 0.3) is 0 Å². The number of nitrogens with one attached hydrogen (secondary N) is 2. The van der Waals surface area contributed by atoms with Crippen molar-refractivity contribution in [2.45, 2.75) is 31.3 Å². The number of hydrogen-bond acceptors (Lipinski definition) is 3. The third-order valence-electron chi connectivity index (χ3n) is 2.66. The molecule has 0 radical (unpaired) electrons. The molecule has 1 rings (SSSR count). The van der Waals surface area contributed by atoms with Crippen LogP contribution >= 0.6 is 0 Å². The van der Waals surface area contributed by atoms with Gasteiger partial charge in [-0.05, 0) is 12.8 Å². The summed E-state index contributed by atoms with van der Waals surface area (Å²) >= 11 is 0. The molecule has 0 bridgehead atoms. The van der Waals surface area contributed by atoms with E-state index in [1.54, 1.807) is 0 Å². The van der Waals surface area contributed by atoms with Crippen LogP contribution in [0.2, 0.25) is 0 Å². The van der Waals surface area contributed by atoms with Gasteiger partial charge in [0.2, 0.25) is 5.91 Å². The molecule has 4 nitrogen and oxygen atoms in total. The lowest BCUT2D eigenvalue weighted by Crippen LogP contribution is -2.43. The molecule has 0 aromatic heterocycles. The monoisotopic (exact) mass is 210 g/mol. The second-order valence-corrected chi connectivity index (χ2v) is 4.02. The van der Waals surface area contributed by atoms with Gasteiger partial charge in [0.05, 0.1) is 18.7 Å². The minimum Gasteiger partial charge on any atom is -0.388 e. The first-order valence-electron chi connectivity index (χ1n) is 5.29. The van der Waals surface area contributed by atoms with Gasteiger partial charge in [0.15, 0.2) is 0 Å². The Bertz CT molecular complexity index is 252. The van der Waals surface area contributed by atoms with Crippen molar-refractivity contribution in [3.8, 4) is 12.3 Å². The molecule has 1 amide bonds. The van der Waals surface area contributed by atoms with E-state index in [0.717, 1.165) is 25.7 Å². The SMILES string of the molecule is C#CCNCC(=O)NCC1(O)CCCC1. The Hall–Kier alpha value is -1.05. The molecule has 0 saturated heterocycles. The third kappa shape index (κ3) is 4.32. The average Bonchev–Trinajstić information content (AvgIpc) is 2.64. The molecule has 0 aliphatic heterocycles. The predicted molar refractivity (Wildman–Crippen MR) is 58.1 cm³/mol. The predicted octanol–water partition coefficient (Wildman–Crippen LogP) is -0.369. The number of amides is 1. The number of carbonyl (C=O) groups is 1. The van der Waals surface area contributed by atoms with Crippen molar-refractivity contribution in [2.75, 3.05) is 19.6 Å². The van der Waals surface area contributed by atoms with Crippen LogP contribution in [-0.4, -0.2) is 36.2 Å². The topological polar surface area (TPSA) is 61.4 Å². The number of aliphatic hydroxyl groups is 1. The van der Waals surface area contributed by atoms with Gasteiger partial charge in [-0.3, -0.25) is 10.1 Å². The molecule has 4 heteroatoms. The maximum Gasteiger partial charge on any atom is 0.234 e. The lowest BCUT2D eigenvalue weighted by Gasteiger charge is -2.22. The van der Waals surface area contributed by atoms with Gasteiger partial charge in [-0.1, -0.05) is 18.8 Å². The Labute approximate surface area is 90.4 Å². The van der Waals surface area contributed by atoms with E-state index in [9.17, 15) is 9.90 Å². The van der Waals surface area contributed by atoms with E-state index in [4.69, 9.17) is 6.42 Å². The number of terminal acetylenes is 1. The zero-order chi connectivity index (χ0) is 11.1. The lowest BCUT2D eigenvalue weighted by molar-refractivity contribution is -0.121. The Balaban J connectivity index is 2.13. The maximum atomic E-state index is 11.3. The second-order valence-electron chi connectivity index (χ2n) is 4.02. The summed E-state index contributed by atoms with van der Waals surface area (Å²) in [5, 5.41) is 15.4. The summed E-state index contributed by atoms with van der Waals surface area (Å²) in [6.45, 7) is 0.946. The van der Waals surface area contributed by atoms with Crippen molar-refractivity contribution >= 4 is 5.91 Å². The fraction of sp³-hybridized carbons (Fsp3) is 0.727. The molecular weight excluding hydrogens is 192 g/mol. The van der Waals surface area contributed by atoms with Gasteiger partial charge in [-0.2, -0.15) is 0 Å². The molecule has 0 unspecified atom stereocenters. The summed E-state index contributed by atoms with van der Waals surface area (Å²) in [5.41, 5.74) is -0.679. The maximum absolute atomic E-state index is 11.3. The fourth-order valence-electron chi connectivity index (χ4n) is 1.78. The van der Waals surface area contributed by atoms with E-state index < -0.39 is 5.60 Å². The lowest BCUT2D eigenvalue weighted by atomic mass is 10.0. The van der Waals surface area contributed by atoms with E-state index in [0.29, 0.717) is 13.1 Å². The Morgan fingerprint density at radius 1 is 1.47 bits per heavy atom. The number of carbonyl (C=O) groups excluding carboxylic acids is 1. The molecule has 0 spiro atoms. The van der Waals surface area contributed by atoms with E-state index in [-0.39, 0.29) is 12.5 Å². The van der Waals surface area contributed by atoms with Crippen molar-refractivity contribution in [1.29, 1.82) is 0 Å². The summed E-state index contributed by atoms with van der Waals surface area (Å²) in [4.78, 5) is 11.3. The van der Waals surface area contributed by atoms with Crippen LogP contribution in [-0.2, 0) is 4.79 Å². The summed E-state index contributed by atoms with van der Waals surface area (Å²) < 4.78 is 0. The minimum absolute atomic E-state index is 0.120. The van der Waals surface area contributed by atoms with Crippen molar-refractivity contribution in [3.05, 3.63) is 0 Å². The highest BCUT2D eigenvalue weighted by Gasteiger charge is 2.31. The largest absolute Gasteiger partial charge is 0.388 e. The first kappa shape index (κ1) is 12.0. The average molecular weight is 210 g/mol. The Morgan fingerprint density at radius 3 is 2.73 bits per heavy atom. The zero-order valence-corrected chi connectivity index (χ0v) is 8.88. The molecule has 0 aromatic rings. The molecule has 0 atom stereocenters. The molecule has 1 aliphatic carbocycles. The number of rotatable bonds is 5. The molecule has 1 fully saturated rings. The summed E-state index contributed by atoms with van der Waals surface area (Å²) in [7, 11) is 0. The smallest absolute Gasteiger partial charge is 0.234 e. The molecule has 1 saturated carbocycles. The molecule has 15 heavy (non-hydrogen) atoms. The van der Waals surface area contributed by atoms with Gasteiger partial charge in [0, 0.05) is 6.54 Å². The molecule has 0 aromatic carbocycles. The second kappa shape index (κ2) is 5.74. The molecule has 0 heterocycles. The summed E-state index contributed by atoms with van der Waals surface area (Å²) in [6.07, 6.45) is 8.68. The van der Waals surface area contributed by atoms with Crippen molar-refractivity contribution in [1.82, 2.24) is 10.6 Å². The van der Waals surface area contributed by atoms with E-state index >= 15 is 0 Å². The normalized spacial score (nSPS) is 18.4. The van der Waals surface area contributed by atoms with Crippen LogP contribution in [0.4, 0.5) is 0 Å². The van der Waals surface area contributed by atoms with Gasteiger partial charge in [-0.15, -0.1) is 6.42 Å². The minimum atomic E-state index is -0.679. The first-order chi connectivity index (χ1) is 7.16. The van der Waals surface area contributed by atoms with Crippen molar-refractivity contribution in [2.24, 2.45) is 0 Å². The van der Waals surface area contributed by atoms with Gasteiger partial charge in [0.25, 0.3) is 0 Å². The molecular formula is C11H18N2O2. The van der Waals surface area contributed by atoms with Gasteiger partial charge in [0.1, 0.15) is 0 Å². The fourth-order valence-corrected chi connectivity index (χ4v) is 1.78. The Kier molecular flexibility index (Phi) is 4.60.